The van der Waals surface area contributed by atoms with E-state index in [0.717, 1.165) is 0 Å². The first-order valence-electron chi connectivity index (χ1n) is 0.816. The maximum Gasteiger partial charge on any atom is 0 e. The Hall–Kier alpha value is 0.979. The van der Waals surface area contributed by atoms with E-state index in [1.807, 2.05) is 0 Å². The van der Waals surface area contributed by atoms with Gasteiger partial charge in [0.15, 0.2) is 0 Å². The van der Waals surface area contributed by atoms with E-state index < -0.39 is 9.05 Å². The first kappa shape index (κ1) is 10.1. The van der Waals surface area contributed by atoms with Crippen LogP contribution in [-0.4, -0.2) is 36.3 Å². The minimum Gasteiger partial charge on any atom is -0.894 e. The summed E-state index contributed by atoms with van der Waals surface area (Å²) in [7, 11) is -5.61. The first-order chi connectivity index (χ1) is 2.00. The molecule has 0 aromatic rings. The fourth-order valence-corrected chi connectivity index (χ4v) is 0. The normalized spacial score (nSPS) is 10.0. The molecule has 0 atom stereocenters. The Bertz CT molecular complexity index is 23.0. The SMILES string of the molecule is [O-][Si]([O-])([O-])[O-].[Pb]. The third-order valence-electron chi connectivity index (χ3n) is 0. The van der Waals surface area contributed by atoms with Crippen LogP contribution in [0.3, 0.4) is 0 Å². The zero-order chi connectivity index (χ0) is 4.50. The van der Waals surface area contributed by atoms with Gasteiger partial charge in [-0.25, -0.2) is 0 Å². The van der Waals surface area contributed by atoms with Crippen molar-refractivity contribution in [2.24, 2.45) is 0 Å². The van der Waals surface area contributed by atoms with Crippen molar-refractivity contribution in [3.63, 3.8) is 0 Å². The van der Waals surface area contributed by atoms with Crippen molar-refractivity contribution >= 4 is 36.3 Å². The van der Waals surface area contributed by atoms with Gasteiger partial charge in [0, 0.05) is 27.3 Å². The van der Waals surface area contributed by atoms with Crippen LogP contribution in [-0.2, 0) is 0 Å². The molecule has 6 heteroatoms. The summed E-state index contributed by atoms with van der Waals surface area (Å²) in [6, 6.07) is 0. The zero-order valence-electron chi connectivity index (χ0n) is 2.63. The largest absolute Gasteiger partial charge is 0.894 e. The minimum atomic E-state index is -5.61. The summed E-state index contributed by atoms with van der Waals surface area (Å²) in [6.07, 6.45) is 0. The van der Waals surface area contributed by atoms with Gasteiger partial charge in [-0.2, -0.15) is 0 Å². The molecule has 0 aromatic heterocycles. The molecule has 4 radical (unpaired) electrons. The molecular weight excluding hydrogens is 299 g/mol. The Kier molecular flexibility index (Phi) is 5.10. The maximum atomic E-state index is 8.58. The van der Waals surface area contributed by atoms with E-state index >= 15 is 0 Å². The van der Waals surface area contributed by atoms with Crippen LogP contribution in [0.1, 0.15) is 0 Å². The smallest absolute Gasteiger partial charge is 0 e. The van der Waals surface area contributed by atoms with Crippen molar-refractivity contribution in [2.45, 2.75) is 0 Å². The standard InChI is InChI=1S/O4Si.Pb/c1-5(2,3)4;/q-4;. The predicted octanol–water partition coefficient (Wildman–Crippen LogP) is -5.52. The summed E-state index contributed by atoms with van der Waals surface area (Å²) in [4.78, 5) is 34.3. The number of hydrogen-bond donors (Lipinski definition) is 0. The second-order valence-corrected chi connectivity index (χ2v) is 1.50. The summed E-state index contributed by atoms with van der Waals surface area (Å²) in [5, 5.41) is 0. The van der Waals surface area contributed by atoms with Crippen molar-refractivity contribution in [1.82, 2.24) is 0 Å². The topological polar surface area (TPSA) is 92.2 Å². The van der Waals surface area contributed by atoms with E-state index in [1.54, 1.807) is 0 Å². The summed E-state index contributed by atoms with van der Waals surface area (Å²) >= 11 is 0. The Balaban J connectivity index is 0. The third kappa shape index (κ3) is 82.3. The van der Waals surface area contributed by atoms with E-state index in [4.69, 9.17) is 19.2 Å². The predicted molar refractivity (Wildman–Crippen MR) is 11.5 cm³/mol. The van der Waals surface area contributed by atoms with E-state index in [-0.39, 0.29) is 27.3 Å². The Labute approximate surface area is 55.7 Å². The molecule has 6 heavy (non-hydrogen) atoms. The second-order valence-electron chi connectivity index (χ2n) is 0.500. The van der Waals surface area contributed by atoms with Gasteiger partial charge in [-0.15, -0.1) is 0 Å². The van der Waals surface area contributed by atoms with Gasteiger partial charge in [0.2, 0.25) is 0 Å². The Morgan fingerprint density at radius 1 is 0.833 bits per heavy atom. The van der Waals surface area contributed by atoms with Crippen LogP contribution in [0.15, 0.2) is 0 Å². The number of hydrogen-bond acceptors (Lipinski definition) is 4. The average Bonchev–Trinajstić information content (AvgIpc) is 0.722. The molecule has 0 bridgehead atoms. The molecule has 0 aromatic carbocycles. The maximum absolute atomic E-state index is 8.58. The van der Waals surface area contributed by atoms with Crippen molar-refractivity contribution < 1.29 is 19.2 Å². The van der Waals surface area contributed by atoms with Crippen molar-refractivity contribution in [3.05, 3.63) is 0 Å². The fraction of sp³-hybridized carbons (Fsp3) is 0. The minimum absolute atomic E-state index is 0. The van der Waals surface area contributed by atoms with Gasteiger partial charge in [-0.1, -0.05) is 0 Å². The van der Waals surface area contributed by atoms with E-state index in [0.29, 0.717) is 0 Å². The summed E-state index contributed by atoms with van der Waals surface area (Å²) in [6.45, 7) is 0. The van der Waals surface area contributed by atoms with Crippen LogP contribution < -0.4 is 19.2 Å². The zero-order valence-corrected chi connectivity index (χ0v) is 7.52. The molecule has 0 saturated heterocycles. The molecule has 4 nitrogen and oxygen atoms in total. The van der Waals surface area contributed by atoms with Crippen molar-refractivity contribution in [1.29, 1.82) is 0 Å². The fourth-order valence-electron chi connectivity index (χ4n) is 0. The molecule has 0 spiro atoms. The quantitative estimate of drug-likeness (QED) is 0.417. The van der Waals surface area contributed by atoms with Gasteiger partial charge in [0.1, 0.15) is 0 Å². The van der Waals surface area contributed by atoms with Crippen LogP contribution in [0.2, 0.25) is 0 Å². The molecule has 0 amide bonds. The molecule has 0 saturated carbocycles. The summed E-state index contributed by atoms with van der Waals surface area (Å²) in [5.41, 5.74) is 0. The molecule has 0 aliphatic rings. The van der Waals surface area contributed by atoms with Gasteiger partial charge >= 0.3 is 0 Å². The number of rotatable bonds is 0. The van der Waals surface area contributed by atoms with Crippen molar-refractivity contribution in [2.75, 3.05) is 0 Å². The van der Waals surface area contributed by atoms with Gasteiger partial charge in [-0.05, 0) is 0 Å². The molecule has 0 rings (SSSR count). The summed E-state index contributed by atoms with van der Waals surface area (Å²) < 4.78 is 0. The third-order valence-corrected chi connectivity index (χ3v) is 0. The van der Waals surface area contributed by atoms with Gasteiger partial charge in [0.05, 0.1) is 0 Å². The Morgan fingerprint density at radius 3 is 0.833 bits per heavy atom. The molecule has 36 valence electrons. The molecular formula is O4PbSi-4. The summed E-state index contributed by atoms with van der Waals surface area (Å²) in [5.74, 6) is 0. The monoisotopic (exact) mass is 300 g/mol. The Morgan fingerprint density at radius 2 is 0.833 bits per heavy atom. The van der Waals surface area contributed by atoms with Crippen LogP contribution in [0.25, 0.3) is 0 Å². The second kappa shape index (κ2) is 3.04. The van der Waals surface area contributed by atoms with Gasteiger partial charge in [-0.3, -0.25) is 0 Å². The van der Waals surface area contributed by atoms with Crippen LogP contribution in [0.5, 0.6) is 0 Å². The van der Waals surface area contributed by atoms with Crippen LogP contribution in [0.4, 0.5) is 0 Å². The molecule has 0 N–H and O–H groups in total. The van der Waals surface area contributed by atoms with E-state index in [2.05, 4.69) is 0 Å². The molecule has 0 unspecified atom stereocenters. The molecule has 0 heterocycles. The van der Waals surface area contributed by atoms with Gasteiger partial charge in [0.25, 0.3) is 0 Å². The van der Waals surface area contributed by atoms with Crippen molar-refractivity contribution in [3.8, 4) is 0 Å². The molecule has 0 aliphatic heterocycles. The molecule has 0 fully saturated rings. The molecule has 0 aliphatic carbocycles. The van der Waals surface area contributed by atoms with Gasteiger partial charge < -0.3 is 28.2 Å². The van der Waals surface area contributed by atoms with E-state index in [9.17, 15) is 0 Å². The first-order valence-corrected chi connectivity index (χ1v) is 2.45. The van der Waals surface area contributed by atoms with Crippen LogP contribution >= 0.6 is 0 Å². The average molecular weight is 299 g/mol. The van der Waals surface area contributed by atoms with E-state index in [1.165, 1.54) is 0 Å². The van der Waals surface area contributed by atoms with Crippen LogP contribution in [0, 0.1) is 0 Å².